The van der Waals surface area contributed by atoms with Gasteiger partial charge in [-0.25, -0.2) is 4.98 Å². The predicted molar refractivity (Wildman–Crippen MR) is 188 cm³/mol. The molecule has 4 aliphatic rings. The molecule has 1 aromatic rings. The van der Waals surface area contributed by atoms with E-state index in [2.05, 4.69) is 56.3 Å². The van der Waals surface area contributed by atoms with Crippen molar-refractivity contribution in [3.8, 4) is 11.8 Å². The first-order valence-corrected chi connectivity index (χ1v) is 19.6. The number of hydroxylamine groups is 2. The van der Waals surface area contributed by atoms with E-state index in [0.29, 0.717) is 48.3 Å². The van der Waals surface area contributed by atoms with Crippen molar-refractivity contribution < 1.29 is 33.5 Å². The summed E-state index contributed by atoms with van der Waals surface area (Å²) in [5, 5.41) is 3.81. The summed E-state index contributed by atoms with van der Waals surface area (Å²) in [6, 6.07) is -0.193. The number of hydrogen-bond acceptors (Lipinski definition) is 10. The molecule has 12 nitrogen and oxygen atoms in total. The Morgan fingerprint density at radius 3 is 2.55 bits per heavy atom. The van der Waals surface area contributed by atoms with Gasteiger partial charge in [0.05, 0.1) is 13.2 Å². The minimum Gasteiger partial charge on any atom is -0.334 e. The Bertz CT molecular complexity index is 1410. The number of amides is 3. The first-order valence-electron chi connectivity index (χ1n) is 17.6. The zero-order valence-electron chi connectivity index (χ0n) is 29.4. The Kier molecular flexibility index (Phi) is 12.9. The molecule has 3 aliphatic heterocycles. The molecule has 0 bridgehead atoms. The lowest BCUT2D eigenvalue weighted by atomic mass is 9.84. The highest BCUT2D eigenvalue weighted by atomic mass is 32.1. The van der Waals surface area contributed by atoms with Crippen molar-refractivity contribution in [2.75, 3.05) is 26.2 Å². The molecule has 0 aromatic carbocycles. The summed E-state index contributed by atoms with van der Waals surface area (Å²) in [6.45, 7) is 12.9. The summed E-state index contributed by atoms with van der Waals surface area (Å²) in [5.41, 5.74) is 0.381. The lowest BCUT2D eigenvalue weighted by molar-refractivity contribution is -0.275. The van der Waals surface area contributed by atoms with Gasteiger partial charge in [-0.05, 0) is 75.7 Å². The monoisotopic (exact) mass is 717 g/mol. The van der Waals surface area contributed by atoms with Crippen molar-refractivity contribution in [2.24, 2.45) is 11.3 Å². The van der Waals surface area contributed by atoms with E-state index in [0.717, 1.165) is 45.2 Å². The maximum atomic E-state index is 14.3. The number of rotatable bonds is 12. The maximum absolute atomic E-state index is 14.3. The topological polar surface area (TPSA) is 136 Å². The molecule has 2 N–H and O–H groups in total. The van der Waals surface area contributed by atoms with Gasteiger partial charge in [0, 0.05) is 43.1 Å². The van der Waals surface area contributed by atoms with Crippen molar-refractivity contribution in [3.05, 3.63) is 22.2 Å². The highest BCUT2D eigenvalue weighted by molar-refractivity contribution is 7.39. The van der Waals surface area contributed by atoms with Gasteiger partial charge in [-0.3, -0.25) is 19.2 Å². The SMILES string of the molecule is CC(C)N1CCC(N2C[C@@H]3N(C(=O)/C=C/c4nc(C#CCCCCOP(O)O)cs4)O[C@H](CC4CC4)C(=O)N3[C@@H](CC(C)(C)C)C2=O)CC1. The third-order valence-electron chi connectivity index (χ3n) is 9.57. The Morgan fingerprint density at radius 1 is 1.16 bits per heavy atom. The summed E-state index contributed by atoms with van der Waals surface area (Å²) in [5.74, 6) is 5.89. The van der Waals surface area contributed by atoms with Gasteiger partial charge in [-0.15, -0.1) is 11.3 Å². The molecular formula is C35H52N5O7PS. The Morgan fingerprint density at radius 2 is 1.90 bits per heavy atom. The van der Waals surface area contributed by atoms with Crippen LogP contribution in [0.5, 0.6) is 0 Å². The molecule has 1 saturated carbocycles. The van der Waals surface area contributed by atoms with E-state index in [-0.39, 0.29) is 42.3 Å². The largest absolute Gasteiger partial charge is 0.334 e. The van der Waals surface area contributed by atoms with E-state index in [9.17, 15) is 14.4 Å². The Balaban J connectivity index is 1.33. The van der Waals surface area contributed by atoms with Crippen LogP contribution >= 0.6 is 19.9 Å². The smallest absolute Gasteiger partial charge is 0.327 e. The van der Waals surface area contributed by atoms with Crippen LogP contribution in [-0.4, -0.2) is 109 Å². The standard InChI is InChI=1S/C35H52N5O7PS/c1-24(2)37-17-15-27(16-18-37)38-22-31-39(28(33(38)42)21-35(3,4)5)34(43)29(20-25-11-12-25)47-40(31)32(41)14-13-30-36-26(23-49-30)10-8-6-7-9-19-46-48(44)45/h13-14,23-25,27-29,31,44-45H,6-7,9,11-12,15-22H2,1-5H3/b14-13+/t28-,29+,31-/m0/s1. The molecule has 4 fully saturated rings. The molecule has 3 saturated heterocycles. The number of piperidine rings is 1. The minimum atomic E-state index is -2.32. The van der Waals surface area contributed by atoms with Crippen LogP contribution in [0.4, 0.5) is 0 Å². The summed E-state index contributed by atoms with van der Waals surface area (Å²) >= 11 is 1.38. The molecule has 0 spiro atoms. The molecule has 0 unspecified atom stereocenters. The molecule has 3 amide bonds. The van der Waals surface area contributed by atoms with Crippen LogP contribution in [0, 0.1) is 23.2 Å². The van der Waals surface area contributed by atoms with Gasteiger partial charge in [-0.2, -0.15) is 5.06 Å². The molecular weight excluding hydrogens is 665 g/mol. The molecule has 1 aromatic heterocycles. The summed E-state index contributed by atoms with van der Waals surface area (Å²) in [6.07, 6.45) is 8.42. The zero-order valence-corrected chi connectivity index (χ0v) is 31.1. The van der Waals surface area contributed by atoms with Gasteiger partial charge < -0.3 is 29.0 Å². The molecule has 0 radical (unpaired) electrons. The number of unbranched alkanes of at least 4 members (excludes halogenated alkanes) is 2. The second kappa shape index (κ2) is 16.7. The van der Waals surface area contributed by atoms with Crippen molar-refractivity contribution >= 4 is 43.7 Å². The number of carbonyl (C=O) groups is 3. The van der Waals surface area contributed by atoms with Crippen LogP contribution in [-0.2, 0) is 23.7 Å². The number of hydrogen-bond donors (Lipinski definition) is 2. The second-order valence-electron chi connectivity index (χ2n) is 15.0. The molecule has 14 heteroatoms. The van der Waals surface area contributed by atoms with E-state index in [1.165, 1.54) is 22.5 Å². The molecule has 1 aliphatic carbocycles. The second-order valence-corrected chi connectivity index (χ2v) is 16.7. The van der Waals surface area contributed by atoms with E-state index in [4.69, 9.17) is 19.1 Å². The minimum absolute atomic E-state index is 0.0213. The van der Waals surface area contributed by atoms with Crippen LogP contribution in [0.15, 0.2) is 11.5 Å². The summed E-state index contributed by atoms with van der Waals surface area (Å²) in [4.78, 5) is 76.9. The molecule has 5 rings (SSSR count). The average molecular weight is 718 g/mol. The maximum Gasteiger partial charge on any atom is 0.327 e. The van der Waals surface area contributed by atoms with Gasteiger partial charge in [0.15, 0.2) is 12.3 Å². The van der Waals surface area contributed by atoms with Crippen molar-refractivity contribution in [1.29, 1.82) is 0 Å². The normalized spacial score (nSPS) is 24.3. The van der Waals surface area contributed by atoms with E-state index >= 15 is 0 Å². The van der Waals surface area contributed by atoms with Crippen LogP contribution in [0.2, 0.25) is 0 Å². The first kappa shape index (κ1) is 37.8. The van der Waals surface area contributed by atoms with Gasteiger partial charge in [-0.1, -0.05) is 39.5 Å². The van der Waals surface area contributed by atoms with E-state index < -0.39 is 26.9 Å². The number of aromatic nitrogens is 1. The van der Waals surface area contributed by atoms with Crippen LogP contribution in [0.3, 0.4) is 0 Å². The highest BCUT2D eigenvalue weighted by Gasteiger charge is 2.54. The van der Waals surface area contributed by atoms with E-state index in [1.807, 2.05) is 10.3 Å². The fourth-order valence-electron chi connectivity index (χ4n) is 6.84. The quantitative estimate of drug-likeness (QED) is 0.139. The third-order valence-corrected chi connectivity index (χ3v) is 10.8. The molecule has 3 atom stereocenters. The predicted octanol–water partition coefficient (Wildman–Crippen LogP) is 4.52. The molecule has 270 valence electrons. The first-order chi connectivity index (χ1) is 23.3. The fraction of sp³-hybridized carbons (Fsp3) is 0.714. The number of nitrogens with zero attached hydrogens (tertiary/aromatic N) is 5. The van der Waals surface area contributed by atoms with E-state index in [1.54, 1.807) is 11.0 Å². The number of carbonyl (C=O) groups excluding carboxylic acids is 3. The average Bonchev–Trinajstić information content (AvgIpc) is 3.75. The Hall–Kier alpha value is -2.43. The van der Waals surface area contributed by atoms with Crippen molar-refractivity contribution in [2.45, 2.75) is 123 Å². The van der Waals surface area contributed by atoms with Gasteiger partial charge in [0.25, 0.3) is 11.8 Å². The number of likely N-dealkylation sites (tertiary alicyclic amines) is 1. The fourth-order valence-corrected chi connectivity index (χ4v) is 7.77. The highest BCUT2D eigenvalue weighted by Crippen LogP contribution is 2.40. The number of piperazine rings is 1. The van der Waals surface area contributed by atoms with Gasteiger partial charge in [0.1, 0.15) is 16.7 Å². The van der Waals surface area contributed by atoms with Crippen molar-refractivity contribution in [3.63, 3.8) is 0 Å². The molecule has 4 heterocycles. The zero-order chi connectivity index (χ0) is 35.3. The molecule has 49 heavy (non-hydrogen) atoms. The van der Waals surface area contributed by atoms with Crippen LogP contribution < -0.4 is 0 Å². The van der Waals surface area contributed by atoms with Crippen molar-refractivity contribution in [1.82, 2.24) is 24.7 Å². The van der Waals surface area contributed by atoms with Crippen LogP contribution in [0.1, 0.15) is 103 Å². The Labute approximate surface area is 295 Å². The number of fused-ring (bicyclic) bond motifs is 1. The van der Waals surface area contributed by atoms with Gasteiger partial charge in [0.2, 0.25) is 5.91 Å². The third kappa shape index (κ3) is 10.3. The summed E-state index contributed by atoms with van der Waals surface area (Å²) in [7, 11) is -2.32. The van der Waals surface area contributed by atoms with Crippen LogP contribution in [0.25, 0.3) is 6.08 Å². The lowest BCUT2D eigenvalue weighted by Gasteiger charge is -2.55. The van der Waals surface area contributed by atoms with Gasteiger partial charge >= 0.3 is 8.60 Å². The number of thiazole rings is 1. The summed E-state index contributed by atoms with van der Waals surface area (Å²) < 4.78 is 4.76. The lowest BCUT2D eigenvalue weighted by Crippen LogP contribution is -2.74.